The topological polar surface area (TPSA) is 106 Å². The van der Waals surface area contributed by atoms with E-state index >= 15 is 0 Å². The molecule has 0 bridgehead atoms. The van der Waals surface area contributed by atoms with E-state index in [0.717, 1.165) is 18.2 Å². The minimum Gasteiger partial charge on any atom is -0.507 e. The second-order valence-corrected chi connectivity index (χ2v) is 2.92. The highest BCUT2D eigenvalue weighted by Crippen LogP contribution is 2.23. The molecule has 1 rings (SSSR count). The first-order valence-electron chi connectivity index (χ1n) is 4.27. The summed E-state index contributed by atoms with van der Waals surface area (Å²) < 4.78 is 0. The molecule has 0 amide bonds. The van der Waals surface area contributed by atoms with Crippen molar-refractivity contribution >= 4 is 11.5 Å². The zero-order chi connectivity index (χ0) is 11.4. The van der Waals surface area contributed by atoms with Gasteiger partial charge in [0.15, 0.2) is 5.78 Å². The van der Waals surface area contributed by atoms with Gasteiger partial charge in [0.1, 0.15) is 5.75 Å². The first kappa shape index (κ1) is 11.1. The number of non-ortho nitro benzene ring substituents is 1. The maximum absolute atomic E-state index is 11.4. The summed E-state index contributed by atoms with van der Waals surface area (Å²) in [6.07, 6.45) is 0.0503. The number of aromatic hydroxyl groups is 1. The van der Waals surface area contributed by atoms with Crippen LogP contribution in [0.2, 0.25) is 0 Å². The number of phenols is 1. The molecule has 1 aromatic rings. The lowest BCUT2D eigenvalue weighted by molar-refractivity contribution is -0.384. The van der Waals surface area contributed by atoms with Crippen LogP contribution in [0, 0.1) is 10.1 Å². The Morgan fingerprint density at radius 2 is 2.20 bits per heavy atom. The van der Waals surface area contributed by atoms with E-state index in [2.05, 4.69) is 0 Å². The number of nitrogens with zero attached hydrogens (tertiary/aromatic N) is 1. The molecule has 0 spiro atoms. The smallest absolute Gasteiger partial charge is 0.270 e. The fraction of sp³-hybridized carbons (Fsp3) is 0.222. The van der Waals surface area contributed by atoms with Gasteiger partial charge in [0, 0.05) is 18.6 Å². The normalized spacial score (nSPS) is 9.93. The summed E-state index contributed by atoms with van der Waals surface area (Å²) in [5.41, 5.74) is 4.89. The number of carbonyl (C=O) groups is 1. The van der Waals surface area contributed by atoms with E-state index in [-0.39, 0.29) is 30.0 Å². The Labute approximate surface area is 85.5 Å². The minimum absolute atomic E-state index is 0.0503. The van der Waals surface area contributed by atoms with Crippen LogP contribution in [0.25, 0.3) is 0 Å². The van der Waals surface area contributed by atoms with E-state index < -0.39 is 10.7 Å². The molecule has 15 heavy (non-hydrogen) atoms. The summed E-state index contributed by atoms with van der Waals surface area (Å²) in [5.74, 6) is -0.669. The molecule has 0 atom stereocenters. The van der Waals surface area contributed by atoms with Crippen LogP contribution in [0.4, 0.5) is 5.69 Å². The number of carbonyl (C=O) groups excluding carboxylic acids is 1. The van der Waals surface area contributed by atoms with Crippen molar-refractivity contribution in [2.24, 2.45) is 5.73 Å². The molecule has 6 nitrogen and oxygen atoms in total. The average Bonchev–Trinajstić information content (AvgIpc) is 2.18. The van der Waals surface area contributed by atoms with Gasteiger partial charge in [-0.05, 0) is 12.6 Å². The van der Waals surface area contributed by atoms with Crippen molar-refractivity contribution in [2.75, 3.05) is 6.54 Å². The van der Waals surface area contributed by atoms with Gasteiger partial charge in [0.2, 0.25) is 0 Å². The molecule has 0 saturated carbocycles. The first-order valence-corrected chi connectivity index (χ1v) is 4.27. The summed E-state index contributed by atoms with van der Waals surface area (Å²) in [7, 11) is 0. The number of hydrogen-bond acceptors (Lipinski definition) is 5. The van der Waals surface area contributed by atoms with E-state index in [0.29, 0.717) is 0 Å². The molecule has 0 aliphatic carbocycles. The second-order valence-electron chi connectivity index (χ2n) is 2.92. The van der Waals surface area contributed by atoms with Crippen LogP contribution in [-0.2, 0) is 0 Å². The lowest BCUT2D eigenvalue weighted by Crippen LogP contribution is -2.08. The summed E-state index contributed by atoms with van der Waals surface area (Å²) >= 11 is 0. The van der Waals surface area contributed by atoms with Crippen molar-refractivity contribution in [2.45, 2.75) is 6.42 Å². The van der Waals surface area contributed by atoms with E-state index in [1.165, 1.54) is 0 Å². The van der Waals surface area contributed by atoms with Gasteiger partial charge in [-0.2, -0.15) is 0 Å². The van der Waals surface area contributed by atoms with Crippen molar-refractivity contribution in [3.63, 3.8) is 0 Å². The Hall–Kier alpha value is -1.95. The van der Waals surface area contributed by atoms with Crippen LogP contribution in [0.15, 0.2) is 18.2 Å². The lowest BCUT2D eigenvalue weighted by atomic mass is 10.1. The number of Topliss-reactive ketones (excluding diaryl/α,β-unsaturated/α-hetero) is 1. The first-order chi connectivity index (χ1) is 7.06. The molecule has 0 aliphatic heterocycles. The molecule has 0 heterocycles. The van der Waals surface area contributed by atoms with Crippen molar-refractivity contribution in [1.29, 1.82) is 0 Å². The number of rotatable bonds is 4. The van der Waals surface area contributed by atoms with Crippen LogP contribution >= 0.6 is 0 Å². The molecule has 0 unspecified atom stereocenters. The van der Waals surface area contributed by atoms with Crippen molar-refractivity contribution in [3.8, 4) is 5.75 Å². The monoisotopic (exact) mass is 210 g/mol. The number of nitro benzene ring substituents is 1. The van der Waals surface area contributed by atoms with Crippen molar-refractivity contribution in [3.05, 3.63) is 33.9 Å². The number of nitro groups is 1. The van der Waals surface area contributed by atoms with Crippen LogP contribution in [-0.4, -0.2) is 22.4 Å². The molecule has 0 fully saturated rings. The highest BCUT2D eigenvalue weighted by atomic mass is 16.6. The van der Waals surface area contributed by atoms with E-state index in [1.54, 1.807) is 0 Å². The molecule has 80 valence electrons. The second kappa shape index (κ2) is 4.52. The summed E-state index contributed by atoms with van der Waals surface area (Å²) in [6, 6.07) is 3.31. The Morgan fingerprint density at radius 3 is 2.73 bits per heavy atom. The van der Waals surface area contributed by atoms with Crippen LogP contribution < -0.4 is 5.73 Å². The molecule has 0 aromatic heterocycles. The van der Waals surface area contributed by atoms with Crippen molar-refractivity contribution in [1.82, 2.24) is 0 Å². The molecule has 0 radical (unpaired) electrons. The SMILES string of the molecule is NCCC(=O)c1cc([N+](=O)[O-])ccc1O. The Bertz CT molecular complexity index is 403. The van der Waals surface area contributed by atoms with Gasteiger partial charge in [0.25, 0.3) is 5.69 Å². The predicted octanol–water partition coefficient (Wildman–Crippen LogP) is 0.832. The highest BCUT2D eigenvalue weighted by molar-refractivity contribution is 5.99. The van der Waals surface area contributed by atoms with Gasteiger partial charge in [-0.15, -0.1) is 0 Å². The number of nitrogens with two attached hydrogens (primary N) is 1. The van der Waals surface area contributed by atoms with Gasteiger partial charge in [-0.1, -0.05) is 0 Å². The highest BCUT2D eigenvalue weighted by Gasteiger charge is 2.15. The molecular formula is C9H10N2O4. The number of benzene rings is 1. The molecule has 3 N–H and O–H groups in total. The van der Waals surface area contributed by atoms with Gasteiger partial charge in [-0.3, -0.25) is 14.9 Å². The Morgan fingerprint density at radius 1 is 1.53 bits per heavy atom. The lowest BCUT2D eigenvalue weighted by Gasteiger charge is -2.02. The fourth-order valence-corrected chi connectivity index (χ4v) is 1.13. The quantitative estimate of drug-likeness (QED) is 0.435. The van der Waals surface area contributed by atoms with Gasteiger partial charge in [0.05, 0.1) is 10.5 Å². The molecule has 0 aliphatic rings. The third kappa shape index (κ3) is 2.50. The molecule has 1 aromatic carbocycles. The minimum atomic E-state index is -0.626. The third-order valence-corrected chi connectivity index (χ3v) is 1.86. The summed E-state index contributed by atoms with van der Waals surface area (Å²) in [6.45, 7) is 0.140. The Kier molecular flexibility index (Phi) is 3.35. The van der Waals surface area contributed by atoms with Crippen molar-refractivity contribution < 1.29 is 14.8 Å². The number of ketones is 1. The van der Waals surface area contributed by atoms with E-state index in [4.69, 9.17) is 5.73 Å². The molecular weight excluding hydrogens is 200 g/mol. The largest absolute Gasteiger partial charge is 0.507 e. The third-order valence-electron chi connectivity index (χ3n) is 1.86. The number of hydrogen-bond donors (Lipinski definition) is 2. The van der Waals surface area contributed by atoms with Crippen LogP contribution in [0.3, 0.4) is 0 Å². The zero-order valence-electron chi connectivity index (χ0n) is 7.84. The summed E-state index contributed by atoms with van der Waals surface area (Å²) in [4.78, 5) is 21.2. The van der Waals surface area contributed by atoms with Gasteiger partial charge >= 0.3 is 0 Å². The maximum atomic E-state index is 11.4. The predicted molar refractivity (Wildman–Crippen MR) is 52.8 cm³/mol. The fourth-order valence-electron chi connectivity index (χ4n) is 1.13. The maximum Gasteiger partial charge on any atom is 0.270 e. The average molecular weight is 210 g/mol. The van der Waals surface area contributed by atoms with Gasteiger partial charge < -0.3 is 10.8 Å². The number of phenolic OH excluding ortho intramolecular Hbond substituents is 1. The molecule has 6 heteroatoms. The van der Waals surface area contributed by atoms with E-state index in [1.807, 2.05) is 0 Å². The zero-order valence-corrected chi connectivity index (χ0v) is 7.84. The molecule has 0 saturated heterocycles. The Balaban J connectivity index is 3.10. The van der Waals surface area contributed by atoms with Crippen LogP contribution in [0.5, 0.6) is 5.75 Å². The van der Waals surface area contributed by atoms with Crippen LogP contribution in [0.1, 0.15) is 16.8 Å². The standard InChI is InChI=1S/C9H10N2O4/c10-4-3-9(13)7-5-6(11(14)15)1-2-8(7)12/h1-2,5,12H,3-4,10H2. The van der Waals surface area contributed by atoms with Gasteiger partial charge in [-0.25, -0.2) is 0 Å². The van der Waals surface area contributed by atoms with E-state index in [9.17, 15) is 20.0 Å². The summed E-state index contributed by atoms with van der Waals surface area (Å²) in [5, 5.41) is 19.8.